The van der Waals surface area contributed by atoms with Gasteiger partial charge in [0.1, 0.15) is 11.0 Å². The highest BCUT2D eigenvalue weighted by atomic mass is 32.1. The van der Waals surface area contributed by atoms with Gasteiger partial charge in [-0.2, -0.15) is 0 Å². The number of rotatable bonds is 11. The number of benzene rings is 1. The van der Waals surface area contributed by atoms with E-state index in [2.05, 4.69) is 24.3 Å². The van der Waals surface area contributed by atoms with E-state index >= 15 is 0 Å². The Hall–Kier alpha value is -1.98. The lowest BCUT2D eigenvalue weighted by Gasteiger charge is -2.45. The van der Waals surface area contributed by atoms with E-state index < -0.39 is 12.1 Å². The summed E-state index contributed by atoms with van der Waals surface area (Å²) in [7, 11) is 0. The average molecular weight is 471 g/mol. The minimum atomic E-state index is -0.873. The van der Waals surface area contributed by atoms with Gasteiger partial charge >= 0.3 is 5.97 Å². The van der Waals surface area contributed by atoms with Crippen molar-refractivity contribution in [3.8, 4) is 0 Å². The minimum absolute atomic E-state index is 0.0363. The molecule has 2 saturated carbocycles. The second-order valence-electron chi connectivity index (χ2n) is 9.95. The van der Waals surface area contributed by atoms with Crippen LogP contribution in [-0.4, -0.2) is 28.5 Å². The second kappa shape index (κ2) is 11.0. The Kier molecular flexibility index (Phi) is 8.02. The number of aromatic carboxylic acids is 1. The number of thiophene rings is 1. The molecule has 1 aromatic carbocycles. The van der Waals surface area contributed by atoms with Gasteiger partial charge < -0.3 is 10.2 Å². The largest absolute Gasteiger partial charge is 0.477 e. The molecule has 0 spiro atoms. The molecule has 178 valence electrons. The molecule has 0 amide bonds. The van der Waals surface area contributed by atoms with Gasteiger partial charge in [0.15, 0.2) is 0 Å². The maximum absolute atomic E-state index is 14.6. The number of alkyl halides is 1. The average Bonchev–Trinajstić information content (AvgIpc) is 3.39. The fourth-order valence-corrected chi connectivity index (χ4v) is 6.60. The van der Waals surface area contributed by atoms with Gasteiger partial charge in [0, 0.05) is 16.2 Å². The van der Waals surface area contributed by atoms with Crippen LogP contribution in [0.2, 0.25) is 0 Å². The van der Waals surface area contributed by atoms with E-state index in [4.69, 9.17) is 5.11 Å². The molecule has 0 saturated heterocycles. The second-order valence-corrected chi connectivity index (χ2v) is 11.1. The number of allylic oxidation sites excluding steroid dienone is 1. The van der Waals surface area contributed by atoms with Crippen molar-refractivity contribution in [2.24, 2.45) is 17.3 Å². The maximum atomic E-state index is 14.6. The van der Waals surface area contributed by atoms with Crippen LogP contribution in [0.3, 0.4) is 0 Å². The normalized spacial score (nSPS) is 25.2. The molecule has 1 aromatic heterocycles. The van der Waals surface area contributed by atoms with Crippen molar-refractivity contribution in [3.63, 3.8) is 0 Å². The highest BCUT2D eigenvalue weighted by Gasteiger charge is 2.43. The number of hydrogen-bond acceptors (Lipinski definition) is 3. The smallest absolute Gasteiger partial charge is 0.345 e. The number of aliphatic hydroxyl groups is 1. The summed E-state index contributed by atoms with van der Waals surface area (Å²) in [6.07, 6.45) is 11.9. The Bertz CT molecular complexity index is 934. The van der Waals surface area contributed by atoms with Crippen molar-refractivity contribution in [2.45, 2.75) is 76.5 Å². The fraction of sp³-hybridized carbons (Fsp3) is 0.536. The topological polar surface area (TPSA) is 57.5 Å². The first-order valence-corrected chi connectivity index (χ1v) is 13.1. The Balaban J connectivity index is 1.28. The van der Waals surface area contributed by atoms with E-state index in [0.717, 1.165) is 49.8 Å². The number of hydrogen-bond donors (Lipinski definition) is 2. The first kappa shape index (κ1) is 24.2. The summed E-state index contributed by atoms with van der Waals surface area (Å²) in [4.78, 5) is 12.5. The number of carboxylic acids is 1. The Labute approximate surface area is 200 Å². The van der Waals surface area contributed by atoms with Crippen molar-refractivity contribution in [1.82, 2.24) is 0 Å². The van der Waals surface area contributed by atoms with Gasteiger partial charge in [0.25, 0.3) is 0 Å². The highest BCUT2D eigenvalue weighted by molar-refractivity contribution is 7.13. The molecule has 0 aliphatic heterocycles. The Morgan fingerprint density at radius 1 is 1.18 bits per heavy atom. The molecular formula is C28H35FO3S. The highest BCUT2D eigenvalue weighted by Crippen LogP contribution is 2.48. The first-order valence-electron chi connectivity index (χ1n) is 12.3. The van der Waals surface area contributed by atoms with Crippen LogP contribution in [0.15, 0.2) is 54.6 Å². The van der Waals surface area contributed by atoms with E-state index in [9.17, 15) is 14.3 Å². The molecule has 4 atom stereocenters. The van der Waals surface area contributed by atoms with Gasteiger partial charge in [0.05, 0.1) is 6.10 Å². The maximum Gasteiger partial charge on any atom is 0.345 e. The molecule has 1 heterocycles. The number of aryl methyl sites for hydroxylation is 1. The molecule has 2 N–H and O–H groups in total. The summed E-state index contributed by atoms with van der Waals surface area (Å²) in [6.45, 7) is 0. The third-order valence-corrected chi connectivity index (χ3v) is 8.95. The predicted molar refractivity (Wildman–Crippen MR) is 132 cm³/mol. The van der Waals surface area contributed by atoms with E-state index in [1.807, 2.05) is 24.3 Å². The summed E-state index contributed by atoms with van der Waals surface area (Å²) >= 11 is 1.34. The molecule has 3 unspecified atom stereocenters. The lowest BCUT2D eigenvalue weighted by atomic mass is 9.61. The van der Waals surface area contributed by atoms with Crippen LogP contribution in [0.1, 0.15) is 71.5 Å². The van der Waals surface area contributed by atoms with Gasteiger partial charge in [-0.15, -0.1) is 11.3 Å². The number of carboxylic acid groups (broad SMARTS) is 1. The van der Waals surface area contributed by atoms with Crippen molar-refractivity contribution in [2.75, 3.05) is 0 Å². The van der Waals surface area contributed by atoms with Gasteiger partial charge in [-0.1, -0.05) is 48.9 Å². The van der Waals surface area contributed by atoms with Crippen molar-refractivity contribution in [1.29, 1.82) is 0 Å². The quantitative estimate of drug-likeness (QED) is 0.353. The van der Waals surface area contributed by atoms with Gasteiger partial charge in [-0.3, -0.25) is 0 Å². The molecule has 2 aliphatic carbocycles. The van der Waals surface area contributed by atoms with Crippen LogP contribution >= 0.6 is 11.3 Å². The zero-order valence-electron chi connectivity index (χ0n) is 19.2. The molecule has 5 heteroatoms. The third kappa shape index (κ3) is 5.93. The lowest BCUT2D eigenvalue weighted by Crippen LogP contribution is -2.43. The molecular weight excluding hydrogens is 435 g/mol. The number of aliphatic hydroxyl groups excluding tert-OH is 1. The standard InChI is InChI=1S/C28H35FO3S/c29-24-15-13-21(9-4-10-22-14-16-25(33-22)27(31)32)23(24)11-5-12-26(30)28(17-6-18-28)19-20-7-2-1-3-8-20/h1-3,5,7-8,11,14,16,21,23-24,26,30H,4,6,9-10,12-13,15,17-19H2,(H,31,32)/b11-5+/t21-,23?,24?,26?/m0/s1. The lowest BCUT2D eigenvalue weighted by molar-refractivity contribution is -0.0324. The summed E-state index contributed by atoms with van der Waals surface area (Å²) in [5, 5.41) is 20.1. The summed E-state index contributed by atoms with van der Waals surface area (Å²) in [5.74, 6) is -0.613. The summed E-state index contributed by atoms with van der Waals surface area (Å²) in [6, 6.07) is 14.0. The van der Waals surface area contributed by atoms with Crippen LogP contribution in [0, 0.1) is 17.3 Å². The molecule has 0 radical (unpaired) electrons. The molecule has 2 aromatic rings. The predicted octanol–water partition coefficient (Wildman–Crippen LogP) is 6.85. The molecule has 0 bridgehead atoms. The van der Waals surface area contributed by atoms with E-state index in [0.29, 0.717) is 23.6 Å². The SMILES string of the molecule is O=C(O)c1ccc(CCC[C@H]2CCC(F)C2/C=C/CC(O)C2(Cc3ccccc3)CCC2)s1. The molecule has 2 fully saturated rings. The molecule has 4 rings (SSSR count). The molecule has 3 nitrogen and oxygen atoms in total. The number of halogens is 1. The monoisotopic (exact) mass is 470 g/mol. The van der Waals surface area contributed by atoms with E-state index in [1.54, 1.807) is 6.07 Å². The minimum Gasteiger partial charge on any atom is -0.477 e. The van der Waals surface area contributed by atoms with Crippen LogP contribution in [0.4, 0.5) is 4.39 Å². The van der Waals surface area contributed by atoms with Crippen molar-refractivity contribution in [3.05, 3.63) is 69.9 Å². The van der Waals surface area contributed by atoms with Crippen molar-refractivity contribution >= 4 is 17.3 Å². The first-order chi connectivity index (χ1) is 16.0. The fourth-order valence-electron chi connectivity index (χ4n) is 5.71. The third-order valence-electron chi connectivity index (χ3n) is 7.82. The van der Waals surface area contributed by atoms with Gasteiger partial charge in [-0.25, -0.2) is 9.18 Å². The Morgan fingerprint density at radius 2 is 1.97 bits per heavy atom. The van der Waals surface area contributed by atoms with Crippen molar-refractivity contribution < 1.29 is 19.4 Å². The molecule has 2 aliphatic rings. The van der Waals surface area contributed by atoms with Crippen LogP contribution in [-0.2, 0) is 12.8 Å². The van der Waals surface area contributed by atoms with Crippen LogP contribution in [0.5, 0.6) is 0 Å². The van der Waals surface area contributed by atoms with Crippen LogP contribution < -0.4 is 0 Å². The summed E-state index contributed by atoms with van der Waals surface area (Å²) in [5.41, 5.74) is 1.24. The Morgan fingerprint density at radius 3 is 2.64 bits per heavy atom. The zero-order valence-corrected chi connectivity index (χ0v) is 20.0. The van der Waals surface area contributed by atoms with E-state index in [1.165, 1.54) is 23.3 Å². The van der Waals surface area contributed by atoms with Crippen LogP contribution in [0.25, 0.3) is 0 Å². The number of carbonyl (C=O) groups is 1. The van der Waals surface area contributed by atoms with Gasteiger partial charge in [-0.05, 0) is 81.4 Å². The molecule has 33 heavy (non-hydrogen) atoms. The summed E-state index contributed by atoms with van der Waals surface area (Å²) < 4.78 is 14.6. The zero-order chi connectivity index (χ0) is 23.3. The van der Waals surface area contributed by atoms with Gasteiger partial charge in [0.2, 0.25) is 0 Å². The van der Waals surface area contributed by atoms with E-state index in [-0.39, 0.29) is 17.4 Å².